The standard InChI is InChI=1S/C25H28N6O/c1-18-7-9-23(10-8-18)31-17-22(24(26-31)21-6-4-5-19(2)15-21)16-29-11-13-30(14-12-29)25-20(3)27-32-28-25/h4-10,15,17H,11-14,16H2,1-3H3. The normalized spacial score (nSPS) is 14.8. The zero-order valence-corrected chi connectivity index (χ0v) is 18.8. The lowest BCUT2D eigenvalue weighted by molar-refractivity contribution is 0.247. The monoisotopic (exact) mass is 428 g/mol. The third-order valence-corrected chi connectivity index (χ3v) is 6.07. The molecule has 0 unspecified atom stereocenters. The Morgan fingerprint density at radius 3 is 2.34 bits per heavy atom. The molecule has 4 aromatic rings. The number of anilines is 1. The predicted octanol–water partition coefficient (Wildman–Crippen LogP) is 4.17. The summed E-state index contributed by atoms with van der Waals surface area (Å²) in [5.74, 6) is 0.859. The van der Waals surface area contributed by atoms with Gasteiger partial charge in [-0.05, 0) is 44.1 Å². The van der Waals surface area contributed by atoms with Gasteiger partial charge in [-0.1, -0.05) is 46.6 Å². The van der Waals surface area contributed by atoms with E-state index in [1.807, 2.05) is 11.6 Å². The molecule has 1 fully saturated rings. The fourth-order valence-electron chi connectivity index (χ4n) is 4.26. The molecule has 0 spiro atoms. The first-order valence-corrected chi connectivity index (χ1v) is 11.1. The molecular formula is C25H28N6O. The van der Waals surface area contributed by atoms with Crippen molar-refractivity contribution < 1.29 is 4.63 Å². The lowest BCUT2D eigenvalue weighted by Crippen LogP contribution is -2.46. The van der Waals surface area contributed by atoms with Crippen LogP contribution in [0.4, 0.5) is 5.82 Å². The molecule has 0 bridgehead atoms. The lowest BCUT2D eigenvalue weighted by Gasteiger charge is -2.34. The molecule has 3 heterocycles. The fourth-order valence-corrected chi connectivity index (χ4v) is 4.26. The summed E-state index contributed by atoms with van der Waals surface area (Å²) in [6.45, 7) is 10.7. The van der Waals surface area contributed by atoms with Crippen LogP contribution in [0.15, 0.2) is 59.4 Å². The molecule has 1 saturated heterocycles. The minimum absolute atomic E-state index is 0.847. The van der Waals surface area contributed by atoms with Crippen molar-refractivity contribution in [2.24, 2.45) is 0 Å². The van der Waals surface area contributed by atoms with Crippen LogP contribution in [0.5, 0.6) is 0 Å². The Hall–Kier alpha value is -3.45. The van der Waals surface area contributed by atoms with Crippen LogP contribution in [0.3, 0.4) is 0 Å². The average molecular weight is 429 g/mol. The van der Waals surface area contributed by atoms with Gasteiger partial charge in [-0.25, -0.2) is 9.31 Å². The van der Waals surface area contributed by atoms with Crippen LogP contribution < -0.4 is 4.90 Å². The second-order valence-corrected chi connectivity index (χ2v) is 8.59. The second-order valence-electron chi connectivity index (χ2n) is 8.59. The second kappa shape index (κ2) is 8.59. The summed E-state index contributed by atoms with van der Waals surface area (Å²) in [6.07, 6.45) is 2.18. The number of rotatable bonds is 5. The van der Waals surface area contributed by atoms with Crippen molar-refractivity contribution in [3.8, 4) is 16.9 Å². The van der Waals surface area contributed by atoms with Crippen LogP contribution in [0.1, 0.15) is 22.4 Å². The minimum Gasteiger partial charge on any atom is -0.350 e. The Morgan fingerprint density at radius 2 is 1.66 bits per heavy atom. The summed E-state index contributed by atoms with van der Waals surface area (Å²) < 4.78 is 6.89. The van der Waals surface area contributed by atoms with Crippen molar-refractivity contribution in [1.82, 2.24) is 25.0 Å². The van der Waals surface area contributed by atoms with Crippen LogP contribution in [0.2, 0.25) is 0 Å². The van der Waals surface area contributed by atoms with E-state index in [0.717, 1.165) is 61.2 Å². The predicted molar refractivity (Wildman–Crippen MR) is 125 cm³/mol. The molecule has 0 saturated carbocycles. The average Bonchev–Trinajstić information content (AvgIpc) is 3.41. The minimum atomic E-state index is 0.847. The van der Waals surface area contributed by atoms with Gasteiger partial charge in [0.25, 0.3) is 0 Å². The largest absolute Gasteiger partial charge is 0.350 e. The number of aromatic nitrogens is 4. The molecule has 0 aliphatic carbocycles. The maximum atomic E-state index is 5.00. The van der Waals surface area contributed by atoms with Gasteiger partial charge in [-0.15, -0.1) is 0 Å². The van der Waals surface area contributed by atoms with Crippen molar-refractivity contribution in [2.45, 2.75) is 27.3 Å². The molecule has 32 heavy (non-hydrogen) atoms. The Kier molecular flexibility index (Phi) is 5.49. The zero-order chi connectivity index (χ0) is 22.1. The van der Waals surface area contributed by atoms with Crippen LogP contribution in [0.25, 0.3) is 16.9 Å². The van der Waals surface area contributed by atoms with Gasteiger partial charge in [0.1, 0.15) is 5.69 Å². The van der Waals surface area contributed by atoms with E-state index in [-0.39, 0.29) is 0 Å². The lowest BCUT2D eigenvalue weighted by atomic mass is 10.1. The molecule has 1 aliphatic heterocycles. The maximum absolute atomic E-state index is 5.00. The molecule has 0 atom stereocenters. The van der Waals surface area contributed by atoms with E-state index < -0.39 is 0 Å². The zero-order valence-electron chi connectivity index (χ0n) is 18.8. The van der Waals surface area contributed by atoms with Gasteiger partial charge >= 0.3 is 0 Å². The summed E-state index contributed by atoms with van der Waals surface area (Å²) in [5.41, 5.74) is 7.86. The van der Waals surface area contributed by atoms with Gasteiger partial charge in [0.2, 0.25) is 0 Å². The van der Waals surface area contributed by atoms with Gasteiger partial charge < -0.3 is 4.90 Å². The third kappa shape index (κ3) is 4.16. The van der Waals surface area contributed by atoms with Crippen LogP contribution >= 0.6 is 0 Å². The van der Waals surface area contributed by atoms with Crippen molar-refractivity contribution in [3.63, 3.8) is 0 Å². The van der Waals surface area contributed by atoms with Gasteiger partial charge in [-0.3, -0.25) is 4.90 Å². The first kappa shape index (κ1) is 20.5. The van der Waals surface area contributed by atoms with Gasteiger partial charge in [0.15, 0.2) is 5.82 Å². The van der Waals surface area contributed by atoms with Crippen molar-refractivity contribution in [2.75, 3.05) is 31.1 Å². The van der Waals surface area contributed by atoms with Crippen molar-refractivity contribution >= 4 is 5.82 Å². The third-order valence-electron chi connectivity index (χ3n) is 6.07. The number of nitrogens with zero attached hydrogens (tertiary/aromatic N) is 6. The first-order valence-electron chi connectivity index (χ1n) is 11.1. The summed E-state index contributed by atoms with van der Waals surface area (Å²) in [7, 11) is 0. The molecule has 7 nitrogen and oxygen atoms in total. The van der Waals surface area contributed by atoms with E-state index in [4.69, 9.17) is 9.73 Å². The molecule has 2 aromatic carbocycles. The van der Waals surface area contributed by atoms with E-state index in [9.17, 15) is 0 Å². The number of aryl methyl sites for hydroxylation is 3. The summed E-state index contributed by atoms with van der Waals surface area (Å²) >= 11 is 0. The fraction of sp³-hybridized carbons (Fsp3) is 0.320. The number of piperazine rings is 1. The summed E-state index contributed by atoms with van der Waals surface area (Å²) in [6, 6.07) is 17.1. The SMILES string of the molecule is Cc1ccc(-n2cc(CN3CCN(c4nonc4C)CC3)c(-c3cccc(C)c3)n2)cc1. The van der Waals surface area contributed by atoms with Gasteiger partial charge in [-0.2, -0.15) is 5.10 Å². The van der Waals surface area contributed by atoms with E-state index in [1.54, 1.807) is 0 Å². The van der Waals surface area contributed by atoms with Crippen molar-refractivity contribution in [1.29, 1.82) is 0 Å². The summed E-state index contributed by atoms with van der Waals surface area (Å²) in [4.78, 5) is 4.73. The number of benzene rings is 2. The van der Waals surface area contributed by atoms with Crippen LogP contribution in [-0.2, 0) is 6.54 Å². The highest BCUT2D eigenvalue weighted by molar-refractivity contribution is 5.64. The van der Waals surface area contributed by atoms with Gasteiger partial charge in [0, 0.05) is 50.0 Å². The van der Waals surface area contributed by atoms with E-state index in [2.05, 4.69) is 88.7 Å². The first-order chi connectivity index (χ1) is 15.6. The smallest absolute Gasteiger partial charge is 0.196 e. The van der Waals surface area contributed by atoms with Crippen molar-refractivity contribution in [3.05, 3.63) is 77.1 Å². The highest BCUT2D eigenvalue weighted by Gasteiger charge is 2.23. The van der Waals surface area contributed by atoms with E-state index >= 15 is 0 Å². The molecule has 0 radical (unpaired) electrons. The molecule has 2 aromatic heterocycles. The molecule has 5 rings (SSSR count). The number of hydrogen-bond donors (Lipinski definition) is 0. The molecule has 0 amide bonds. The Bertz CT molecular complexity index is 1200. The molecular weight excluding hydrogens is 400 g/mol. The van der Waals surface area contributed by atoms with Crippen LogP contribution in [-0.4, -0.2) is 51.2 Å². The molecule has 0 N–H and O–H groups in total. The highest BCUT2D eigenvalue weighted by Crippen LogP contribution is 2.27. The Labute approximate surface area is 188 Å². The van der Waals surface area contributed by atoms with Crippen LogP contribution in [0, 0.1) is 20.8 Å². The van der Waals surface area contributed by atoms with E-state index in [1.165, 1.54) is 16.7 Å². The maximum Gasteiger partial charge on any atom is 0.196 e. The quantitative estimate of drug-likeness (QED) is 0.475. The Balaban J connectivity index is 1.40. The topological polar surface area (TPSA) is 63.2 Å². The number of hydrogen-bond acceptors (Lipinski definition) is 6. The Morgan fingerprint density at radius 1 is 0.875 bits per heavy atom. The highest BCUT2D eigenvalue weighted by atomic mass is 16.6. The van der Waals surface area contributed by atoms with Gasteiger partial charge in [0.05, 0.1) is 11.4 Å². The van der Waals surface area contributed by atoms with E-state index in [0.29, 0.717) is 0 Å². The molecule has 7 heteroatoms. The summed E-state index contributed by atoms with van der Waals surface area (Å²) in [5, 5.41) is 13.0. The molecule has 164 valence electrons. The molecule has 1 aliphatic rings.